The van der Waals surface area contributed by atoms with Crippen LogP contribution in [0.25, 0.3) is 0 Å². The van der Waals surface area contributed by atoms with Crippen molar-refractivity contribution < 1.29 is 9.90 Å². The first-order chi connectivity index (χ1) is 7.59. The van der Waals surface area contributed by atoms with E-state index >= 15 is 0 Å². The van der Waals surface area contributed by atoms with Crippen molar-refractivity contribution >= 4 is 21.9 Å². The van der Waals surface area contributed by atoms with E-state index in [0.29, 0.717) is 6.42 Å². The average molecular weight is 286 g/mol. The Morgan fingerprint density at radius 1 is 1.56 bits per heavy atom. The topological polar surface area (TPSA) is 49.3 Å². The van der Waals surface area contributed by atoms with Crippen molar-refractivity contribution in [1.82, 2.24) is 5.32 Å². The van der Waals surface area contributed by atoms with Gasteiger partial charge in [0.05, 0.1) is 0 Å². The minimum absolute atomic E-state index is 0.220. The highest BCUT2D eigenvalue weighted by atomic mass is 79.9. The van der Waals surface area contributed by atoms with Gasteiger partial charge in [-0.1, -0.05) is 28.1 Å². The van der Waals surface area contributed by atoms with E-state index in [1.165, 1.54) is 5.56 Å². The number of rotatable bonds is 6. The van der Waals surface area contributed by atoms with Crippen LogP contribution in [-0.4, -0.2) is 17.6 Å². The highest BCUT2D eigenvalue weighted by Crippen LogP contribution is 2.17. The van der Waals surface area contributed by atoms with Crippen LogP contribution in [0.3, 0.4) is 0 Å². The summed E-state index contributed by atoms with van der Waals surface area (Å²) in [6.45, 7) is 2.79. The van der Waals surface area contributed by atoms with Gasteiger partial charge in [-0.2, -0.15) is 0 Å². The van der Waals surface area contributed by atoms with Crippen LogP contribution < -0.4 is 5.32 Å². The molecule has 0 radical (unpaired) electrons. The summed E-state index contributed by atoms with van der Waals surface area (Å²) in [4.78, 5) is 10.3. The molecule has 0 aliphatic rings. The predicted octanol–water partition coefficient (Wildman–Crippen LogP) is 2.96. The van der Waals surface area contributed by atoms with Crippen LogP contribution >= 0.6 is 15.9 Å². The molecule has 1 rings (SSSR count). The number of carboxylic acid groups (broad SMARTS) is 1. The summed E-state index contributed by atoms with van der Waals surface area (Å²) in [5.74, 6) is -0.739. The maximum absolute atomic E-state index is 10.3. The molecule has 4 heteroatoms. The summed E-state index contributed by atoms with van der Waals surface area (Å²) in [7, 11) is 0. The molecule has 88 valence electrons. The van der Waals surface area contributed by atoms with Gasteiger partial charge < -0.3 is 10.4 Å². The lowest BCUT2D eigenvalue weighted by Crippen LogP contribution is -2.20. The van der Waals surface area contributed by atoms with Crippen molar-refractivity contribution in [3.63, 3.8) is 0 Å². The Hall–Kier alpha value is -0.870. The molecule has 3 nitrogen and oxygen atoms in total. The quantitative estimate of drug-likeness (QED) is 0.790. The molecular weight excluding hydrogens is 270 g/mol. The Morgan fingerprint density at radius 3 is 2.94 bits per heavy atom. The first-order valence-electron chi connectivity index (χ1n) is 5.30. The standard InChI is InChI=1S/C12H16BrNO2/c1-9(14-7-3-6-12(15)16)10-4-2-5-11(13)8-10/h2,4-5,8-9,14H,3,6-7H2,1H3,(H,15,16)/t9-/m0/s1. The number of carboxylic acids is 1. The molecule has 2 N–H and O–H groups in total. The molecular formula is C12H16BrNO2. The van der Waals surface area contributed by atoms with Crippen molar-refractivity contribution in [1.29, 1.82) is 0 Å². The van der Waals surface area contributed by atoms with Gasteiger partial charge in [0.1, 0.15) is 0 Å². The van der Waals surface area contributed by atoms with Crippen molar-refractivity contribution in [2.45, 2.75) is 25.8 Å². The summed E-state index contributed by atoms with van der Waals surface area (Å²) in [5.41, 5.74) is 1.20. The van der Waals surface area contributed by atoms with Crippen molar-refractivity contribution in [2.24, 2.45) is 0 Å². The molecule has 0 aromatic heterocycles. The van der Waals surface area contributed by atoms with E-state index in [0.717, 1.165) is 11.0 Å². The molecule has 0 bridgehead atoms. The summed E-state index contributed by atoms with van der Waals surface area (Å²) in [6, 6.07) is 8.34. The zero-order chi connectivity index (χ0) is 12.0. The second kappa shape index (κ2) is 6.66. The number of aliphatic carboxylic acids is 1. The lowest BCUT2D eigenvalue weighted by Gasteiger charge is -2.14. The summed E-state index contributed by atoms with van der Waals surface area (Å²) in [5, 5.41) is 11.8. The first kappa shape index (κ1) is 13.2. The van der Waals surface area contributed by atoms with E-state index in [1.807, 2.05) is 12.1 Å². The molecule has 1 aromatic rings. The minimum atomic E-state index is -0.739. The van der Waals surface area contributed by atoms with Gasteiger partial charge in [0.15, 0.2) is 0 Å². The predicted molar refractivity (Wildman–Crippen MR) is 67.4 cm³/mol. The number of carbonyl (C=O) groups is 1. The van der Waals surface area contributed by atoms with E-state index in [9.17, 15) is 4.79 Å². The monoisotopic (exact) mass is 285 g/mol. The lowest BCUT2D eigenvalue weighted by atomic mass is 10.1. The van der Waals surface area contributed by atoms with Crippen molar-refractivity contribution in [3.05, 3.63) is 34.3 Å². The van der Waals surface area contributed by atoms with E-state index in [1.54, 1.807) is 0 Å². The fourth-order valence-electron chi connectivity index (χ4n) is 1.45. The van der Waals surface area contributed by atoms with Crippen molar-refractivity contribution in [2.75, 3.05) is 6.54 Å². The maximum Gasteiger partial charge on any atom is 0.303 e. The van der Waals surface area contributed by atoms with Crippen LogP contribution in [-0.2, 0) is 4.79 Å². The number of benzene rings is 1. The first-order valence-corrected chi connectivity index (χ1v) is 6.09. The normalized spacial score (nSPS) is 12.4. The molecule has 1 aromatic carbocycles. The van der Waals surface area contributed by atoms with E-state index < -0.39 is 5.97 Å². The van der Waals surface area contributed by atoms with Crippen LogP contribution in [0, 0.1) is 0 Å². The lowest BCUT2D eigenvalue weighted by molar-refractivity contribution is -0.137. The minimum Gasteiger partial charge on any atom is -0.481 e. The van der Waals surface area contributed by atoms with Gasteiger partial charge in [0.2, 0.25) is 0 Å². The Morgan fingerprint density at radius 2 is 2.31 bits per heavy atom. The molecule has 1 atom stereocenters. The second-order valence-corrected chi connectivity index (χ2v) is 4.64. The number of hydrogen-bond donors (Lipinski definition) is 2. The van der Waals surface area contributed by atoms with Crippen LogP contribution in [0.2, 0.25) is 0 Å². The zero-order valence-electron chi connectivity index (χ0n) is 9.24. The second-order valence-electron chi connectivity index (χ2n) is 3.73. The van der Waals surface area contributed by atoms with E-state index in [4.69, 9.17) is 5.11 Å². The smallest absolute Gasteiger partial charge is 0.303 e. The summed E-state index contributed by atoms with van der Waals surface area (Å²) < 4.78 is 1.06. The molecule has 0 amide bonds. The summed E-state index contributed by atoms with van der Waals surface area (Å²) >= 11 is 3.43. The molecule has 16 heavy (non-hydrogen) atoms. The molecule has 0 spiro atoms. The van der Waals surface area contributed by atoms with Gasteiger partial charge in [-0.25, -0.2) is 0 Å². The number of hydrogen-bond acceptors (Lipinski definition) is 2. The Balaban J connectivity index is 2.35. The van der Waals surface area contributed by atoms with E-state index in [-0.39, 0.29) is 12.5 Å². The third kappa shape index (κ3) is 4.77. The molecule has 0 saturated carbocycles. The Labute approximate surface area is 104 Å². The molecule has 0 heterocycles. The molecule has 0 unspecified atom stereocenters. The molecule has 0 aliphatic heterocycles. The van der Waals surface area contributed by atoms with Gasteiger partial charge in [0, 0.05) is 16.9 Å². The van der Waals surface area contributed by atoms with Gasteiger partial charge >= 0.3 is 5.97 Å². The van der Waals surface area contributed by atoms with Gasteiger partial charge in [-0.3, -0.25) is 4.79 Å². The highest BCUT2D eigenvalue weighted by molar-refractivity contribution is 9.10. The Kier molecular flexibility index (Phi) is 5.49. The number of halogens is 1. The third-order valence-electron chi connectivity index (χ3n) is 2.37. The Bertz CT molecular complexity index is 355. The summed E-state index contributed by atoms with van der Waals surface area (Å²) in [6.07, 6.45) is 0.881. The van der Waals surface area contributed by atoms with Crippen LogP contribution in [0.1, 0.15) is 31.4 Å². The van der Waals surface area contributed by atoms with Gasteiger partial charge in [-0.05, 0) is 37.6 Å². The van der Waals surface area contributed by atoms with Crippen LogP contribution in [0.5, 0.6) is 0 Å². The van der Waals surface area contributed by atoms with E-state index in [2.05, 4.69) is 40.3 Å². The van der Waals surface area contributed by atoms with Crippen molar-refractivity contribution in [3.8, 4) is 0 Å². The molecule has 0 aliphatic carbocycles. The SMILES string of the molecule is C[C@H](NCCCC(=O)O)c1cccc(Br)c1. The number of nitrogens with one attached hydrogen (secondary N) is 1. The fourth-order valence-corrected chi connectivity index (χ4v) is 1.87. The highest BCUT2D eigenvalue weighted by Gasteiger charge is 2.04. The largest absolute Gasteiger partial charge is 0.481 e. The zero-order valence-corrected chi connectivity index (χ0v) is 10.8. The van der Waals surface area contributed by atoms with Crippen LogP contribution in [0.15, 0.2) is 28.7 Å². The van der Waals surface area contributed by atoms with Crippen LogP contribution in [0.4, 0.5) is 0 Å². The van der Waals surface area contributed by atoms with Gasteiger partial charge in [0.25, 0.3) is 0 Å². The van der Waals surface area contributed by atoms with Gasteiger partial charge in [-0.15, -0.1) is 0 Å². The molecule has 0 fully saturated rings. The average Bonchev–Trinajstić information content (AvgIpc) is 2.24. The third-order valence-corrected chi connectivity index (χ3v) is 2.86. The molecule has 0 saturated heterocycles. The fraction of sp³-hybridized carbons (Fsp3) is 0.417. The maximum atomic E-state index is 10.3.